The molecule has 0 aliphatic heterocycles. The van der Waals surface area contributed by atoms with Gasteiger partial charge >= 0.3 is 18.9 Å². The van der Waals surface area contributed by atoms with Crippen molar-refractivity contribution in [3.8, 4) is 0 Å². The first kappa shape index (κ1) is 8.82. The van der Waals surface area contributed by atoms with E-state index in [9.17, 15) is 0 Å². The summed E-state index contributed by atoms with van der Waals surface area (Å²) in [5.41, 5.74) is 0. The van der Waals surface area contributed by atoms with Crippen LogP contribution in [0.4, 0.5) is 0 Å². The Kier molecular flexibility index (Phi) is 21.3. The Morgan fingerprint density at radius 3 is 1.75 bits per heavy atom. The van der Waals surface area contributed by atoms with Gasteiger partial charge in [-0.05, 0) is 0 Å². The zero-order valence-electron chi connectivity index (χ0n) is 2.82. The van der Waals surface area contributed by atoms with Crippen molar-refractivity contribution < 1.29 is 29.0 Å². The second-order valence-corrected chi connectivity index (χ2v) is 0.167. The fourth-order valence-corrected chi connectivity index (χ4v) is 0. The van der Waals surface area contributed by atoms with Crippen LogP contribution in [0.3, 0.4) is 0 Å². The van der Waals surface area contributed by atoms with E-state index in [0.29, 0.717) is 0 Å². The molecule has 0 aliphatic carbocycles. The molecule has 0 unspecified atom stereocenters. The molecule has 3 heteroatoms. The molecule has 0 atom stereocenters. The third kappa shape index (κ3) is 21.7. The predicted octanol–water partition coefficient (Wildman–Crippen LogP) is -4.09. The minimum absolute atomic E-state index is 0. The van der Waals surface area contributed by atoms with Crippen LogP contribution in [0.2, 0.25) is 0 Å². The standard InChI is InChI=1S/CH4O2.Li/c1-3-2;/h2H,1H3;/q;+1/p-1. The second-order valence-electron chi connectivity index (χ2n) is 0.167. The topological polar surface area (TPSA) is 32.3 Å². The van der Waals surface area contributed by atoms with E-state index in [1.807, 2.05) is 0 Å². The zero-order valence-corrected chi connectivity index (χ0v) is 2.82. The van der Waals surface area contributed by atoms with Crippen molar-refractivity contribution in [1.29, 1.82) is 0 Å². The van der Waals surface area contributed by atoms with Crippen molar-refractivity contribution in [2.24, 2.45) is 0 Å². The first-order valence-corrected chi connectivity index (χ1v) is 0.575. The van der Waals surface area contributed by atoms with E-state index < -0.39 is 0 Å². The summed E-state index contributed by atoms with van der Waals surface area (Å²) in [6, 6.07) is 0. The Morgan fingerprint density at radius 1 is 1.75 bits per heavy atom. The van der Waals surface area contributed by atoms with Gasteiger partial charge < -0.3 is 10.1 Å². The number of hydrogen-bond acceptors (Lipinski definition) is 2. The van der Waals surface area contributed by atoms with Crippen LogP contribution in [0.5, 0.6) is 0 Å². The van der Waals surface area contributed by atoms with Crippen LogP contribution in [0.1, 0.15) is 0 Å². The molecule has 0 saturated heterocycles. The summed E-state index contributed by atoms with van der Waals surface area (Å²) < 4.78 is 0. The van der Waals surface area contributed by atoms with Gasteiger partial charge in [0.05, 0.1) is 0 Å². The normalized spacial score (nSPS) is 4.50. The van der Waals surface area contributed by atoms with Crippen molar-refractivity contribution in [3.63, 3.8) is 0 Å². The molecule has 0 spiro atoms. The summed E-state index contributed by atoms with van der Waals surface area (Å²) in [7, 11) is 1.07. The van der Waals surface area contributed by atoms with E-state index in [0.717, 1.165) is 7.11 Å². The van der Waals surface area contributed by atoms with E-state index in [1.54, 1.807) is 0 Å². The summed E-state index contributed by atoms with van der Waals surface area (Å²) in [6.07, 6.45) is 0. The van der Waals surface area contributed by atoms with Crippen LogP contribution in [-0.2, 0) is 4.89 Å². The molecule has 0 bridgehead atoms. The van der Waals surface area contributed by atoms with Crippen molar-refractivity contribution in [2.75, 3.05) is 7.11 Å². The first-order valence-electron chi connectivity index (χ1n) is 0.575. The molecular formula is CH3LiO2. The molecular weight excluding hydrogens is 51.0 g/mol. The van der Waals surface area contributed by atoms with Crippen LogP contribution < -0.4 is 24.1 Å². The Morgan fingerprint density at radius 2 is 1.75 bits per heavy atom. The average Bonchev–Trinajstić information content (AvgIpc) is 0.918. The van der Waals surface area contributed by atoms with E-state index in [1.165, 1.54) is 0 Å². The third-order valence-electron chi connectivity index (χ3n) is 0. The maximum Gasteiger partial charge on any atom is 1.00 e. The fourth-order valence-electron chi connectivity index (χ4n) is 0. The third-order valence-corrected chi connectivity index (χ3v) is 0. The summed E-state index contributed by atoms with van der Waals surface area (Å²) in [4.78, 5) is 3.00. The monoisotopic (exact) mass is 54.0 g/mol. The predicted molar refractivity (Wildman–Crippen MR) is 7.01 cm³/mol. The Bertz CT molecular complexity index is 6.00. The average molecular weight is 54.0 g/mol. The largest absolute Gasteiger partial charge is 1.00 e. The Hall–Kier alpha value is 0.517. The van der Waals surface area contributed by atoms with Crippen molar-refractivity contribution in [2.45, 2.75) is 0 Å². The summed E-state index contributed by atoms with van der Waals surface area (Å²) in [5, 5.41) is 8.43. The number of hydrogen-bond donors (Lipinski definition) is 0. The van der Waals surface area contributed by atoms with E-state index in [4.69, 9.17) is 5.26 Å². The minimum atomic E-state index is 0. The smallest absolute Gasteiger partial charge is 0.724 e. The van der Waals surface area contributed by atoms with Gasteiger partial charge in [-0.25, -0.2) is 0 Å². The zero-order chi connectivity index (χ0) is 2.71. The molecule has 0 radical (unpaired) electrons. The Balaban J connectivity index is 0. The summed E-state index contributed by atoms with van der Waals surface area (Å²) >= 11 is 0. The molecule has 0 fully saturated rings. The van der Waals surface area contributed by atoms with Gasteiger partial charge in [0.25, 0.3) is 0 Å². The van der Waals surface area contributed by atoms with Crippen molar-refractivity contribution in [1.82, 2.24) is 0 Å². The fraction of sp³-hybridized carbons (Fsp3) is 1.00. The van der Waals surface area contributed by atoms with Crippen LogP contribution in [-0.4, -0.2) is 7.11 Å². The van der Waals surface area contributed by atoms with Gasteiger partial charge in [0, 0.05) is 7.11 Å². The molecule has 0 N–H and O–H groups in total. The van der Waals surface area contributed by atoms with Crippen molar-refractivity contribution >= 4 is 0 Å². The maximum absolute atomic E-state index is 8.43. The molecule has 4 heavy (non-hydrogen) atoms. The van der Waals surface area contributed by atoms with Crippen molar-refractivity contribution in [3.05, 3.63) is 0 Å². The molecule has 0 saturated carbocycles. The molecule has 0 aromatic carbocycles. The van der Waals surface area contributed by atoms with Crippen LogP contribution >= 0.6 is 0 Å². The molecule has 0 aromatic heterocycles. The molecule has 0 rings (SSSR count). The van der Waals surface area contributed by atoms with Gasteiger partial charge in [-0.15, -0.1) is 0 Å². The second kappa shape index (κ2) is 9.68. The first-order chi connectivity index (χ1) is 1.41. The van der Waals surface area contributed by atoms with E-state index in [2.05, 4.69) is 4.89 Å². The molecule has 0 aliphatic rings. The summed E-state index contributed by atoms with van der Waals surface area (Å²) in [6.45, 7) is 0. The maximum atomic E-state index is 8.43. The molecule has 2 nitrogen and oxygen atoms in total. The molecule has 20 valence electrons. The molecule has 0 aromatic rings. The Labute approximate surface area is 36.9 Å². The van der Waals surface area contributed by atoms with Gasteiger partial charge in [0.15, 0.2) is 0 Å². The van der Waals surface area contributed by atoms with E-state index >= 15 is 0 Å². The van der Waals surface area contributed by atoms with Gasteiger partial charge in [0.2, 0.25) is 0 Å². The van der Waals surface area contributed by atoms with Crippen LogP contribution in [0, 0.1) is 0 Å². The molecule has 0 heterocycles. The minimum Gasteiger partial charge on any atom is -0.724 e. The van der Waals surface area contributed by atoms with Gasteiger partial charge in [-0.2, -0.15) is 0 Å². The van der Waals surface area contributed by atoms with Gasteiger partial charge in [-0.3, -0.25) is 0 Å². The van der Waals surface area contributed by atoms with Gasteiger partial charge in [-0.1, -0.05) is 0 Å². The van der Waals surface area contributed by atoms with E-state index in [-0.39, 0.29) is 18.9 Å². The SMILES string of the molecule is CO[O-].[Li+]. The molecule has 0 amide bonds. The van der Waals surface area contributed by atoms with Crippen LogP contribution in [0.25, 0.3) is 0 Å². The summed E-state index contributed by atoms with van der Waals surface area (Å²) in [5.74, 6) is 0. The number of rotatable bonds is 0. The van der Waals surface area contributed by atoms with Gasteiger partial charge in [0.1, 0.15) is 0 Å². The quantitative estimate of drug-likeness (QED) is 0.160. The van der Waals surface area contributed by atoms with Crippen LogP contribution in [0.15, 0.2) is 0 Å².